The second kappa shape index (κ2) is 7.04. The molecule has 0 spiro atoms. The van der Waals surface area contributed by atoms with Crippen molar-refractivity contribution in [1.82, 2.24) is 10.2 Å². The molecule has 0 aliphatic carbocycles. The molecule has 0 saturated carbocycles. The molecule has 1 saturated heterocycles. The fourth-order valence-electron chi connectivity index (χ4n) is 2.67. The molecule has 1 aromatic rings. The molecule has 0 bridgehead atoms. The molecule has 2 rings (SSSR count). The van der Waals surface area contributed by atoms with Gasteiger partial charge in [0.15, 0.2) is 0 Å². The minimum atomic E-state index is 0.242. The highest BCUT2D eigenvalue weighted by molar-refractivity contribution is 5.25. The second-order valence-electron chi connectivity index (χ2n) is 5.72. The SMILES string of the molecule is CC(C)c1ccc(CC(CO)N2CCNCC2)cc1. The summed E-state index contributed by atoms with van der Waals surface area (Å²) in [4.78, 5) is 2.40. The zero-order valence-corrected chi connectivity index (χ0v) is 12.1. The van der Waals surface area contributed by atoms with E-state index in [1.807, 2.05) is 0 Å². The Kier molecular flexibility index (Phi) is 5.37. The van der Waals surface area contributed by atoms with Gasteiger partial charge in [0.1, 0.15) is 0 Å². The molecule has 1 unspecified atom stereocenters. The van der Waals surface area contributed by atoms with Crippen LogP contribution < -0.4 is 5.32 Å². The lowest BCUT2D eigenvalue weighted by atomic mass is 9.98. The molecule has 0 aromatic heterocycles. The van der Waals surface area contributed by atoms with E-state index in [2.05, 4.69) is 48.3 Å². The van der Waals surface area contributed by atoms with E-state index in [-0.39, 0.29) is 12.6 Å². The normalized spacial score (nSPS) is 18.7. The monoisotopic (exact) mass is 262 g/mol. The fraction of sp³-hybridized carbons (Fsp3) is 0.625. The molecule has 1 heterocycles. The summed E-state index contributed by atoms with van der Waals surface area (Å²) in [5, 5.41) is 13.0. The molecule has 1 aliphatic rings. The number of piperazine rings is 1. The van der Waals surface area contributed by atoms with Gasteiger partial charge in [-0.05, 0) is 23.5 Å². The largest absolute Gasteiger partial charge is 0.395 e. The van der Waals surface area contributed by atoms with Crippen LogP contribution in [0.5, 0.6) is 0 Å². The third-order valence-corrected chi connectivity index (χ3v) is 4.00. The van der Waals surface area contributed by atoms with Crippen LogP contribution in [0.1, 0.15) is 30.9 Å². The highest BCUT2D eigenvalue weighted by Crippen LogP contribution is 2.16. The minimum Gasteiger partial charge on any atom is -0.395 e. The summed E-state index contributed by atoms with van der Waals surface area (Å²) >= 11 is 0. The van der Waals surface area contributed by atoms with E-state index >= 15 is 0 Å². The fourth-order valence-corrected chi connectivity index (χ4v) is 2.67. The van der Waals surface area contributed by atoms with Gasteiger partial charge < -0.3 is 10.4 Å². The maximum Gasteiger partial charge on any atom is 0.0590 e. The molecule has 1 aliphatic heterocycles. The lowest BCUT2D eigenvalue weighted by Gasteiger charge is -2.34. The third kappa shape index (κ3) is 4.03. The van der Waals surface area contributed by atoms with Crippen molar-refractivity contribution in [3.8, 4) is 0 Å². The van der Waals surface area contributed by atoms with E-state index in [1.54, 1.807) is 0 Å². The lowest BCUT2D eigenvalue weighted by molar-refractivity contribution is 0.110. The quantitative estimate of drug-likeness (QED) is 0.846. The Morgan fingerprint density at radius 3 is 2.32 bits per heavy atom. The van der Waals surface area contributed by atoms with Gasteiger partial charge in [0, 0.05) is 32.2 Å². The molecule has 3 heteroatoms. The molecule has 106 valence electrons. The molecule has 1 fully saturated rings. The van der Waals surface area contributed by atoms with Gasteiger partial charge >= 0.3 is 0 Å². The van der Waals surface area contributed by atoms with Gasteiger partial charge in [0.25, 0.3) is 0 Å². The molecule has 2 N–H and O–H groups in total. The van der Waals surface area contributed by atoms with Gasteiger partial charge in [0.2, 0.25) is 0 Å². The molecular weight excluding hydrogens is 236 g/mol. The van der Waals surface area contributed by atoms with Crippen LogP contribution in [0.3, 0.4) is 0 Å². The zero-order valence-electron chi connectivity index (χ0n) is 12.1. The van der Waals surface area contributed by atoms with Crippen molar-refractivity contribution >= 4 is 0 Å². The number of rotatable bonds is 5. The smallest absolute Gasteiger partial charge is 0.0590 e. The maximum atomic E-state index is 9.62. The molecule has 0 radical (unpaired) electrons. The number of nitrogens with zero attached hydrogens (tertiary/aromatic N) is 1. The summed E-state index contributed by atoms with van der Waals surface area (Å²) in [5.74, 6) is 0.579. The van der Waals surface area contributed by atoms with Crippen LogP contribution in [-0.4, -0.2) is 48.8 Å². The van der Waals surface area contributed by atoms with E-state index in [4.69, 9.17) is 0 Å². The van der Waals surface area contributed by atoms with Crippen LogP contribution >= 0.6 is 0 Å². The Morgan fingerprint density at radius 2 is 1.79 bits per heavy atom. The van der Waals surface area contributed by atoms with E-state index in [9.17, 15) is 5.11 Å². The first kappa shape index (κ1) is 14.5. The van der Waals surface area contributed by atoms with Crippen molar-refractivity contribution in [3.05, 3.63) is 35.4 Å². The molecule has 1 aromatic carbocycles. The van der Waals surface area contributed by atoms with Crippen LogP contribution in [0.15, 0.2) is 24.3 Å². The number of nitrogens with one attached hydrogen (secondary N) is 1. The molecule has 19 heavy (non-hydrogen) atoms. The molecule has 0 amide bonds. The second-order valence-corrected chi connectivity index (χ2v) is 5.72. The summed E-state index contributed by atoms with van der Waals surface area (Å²) < 4.78 is 0. The average molecular weight is 262 g/mol. The van der Waals surface area contributed by atoms with Crippen molar-refractivity contribution < 1.29 is 5.11 Å². The Labute approximate surface area is 116 Å². The average Bonchev–Trinajstić information content (AvgIpc) is 2.46. The Hall–Kier alpha value is -0.900. The molecule has 1 atom stereocenters. The maximum absolute atomic E-state index is 9.62. The van der Waals surface area contributed by atoms with E-state index < -0.39 is 0 Å². The first-order chi connectivity index (χ1) is 9.20. The predicted octanol–water partition coefficient (Wildman–Crippen LogP) is 1.62. The van der Waals surface area contributed by atoms with Crippen molar-refractivity contribution in [2.45, 2.75) is 32.2 Å². The summed E-state index contributed by atoms with van der Waals surface area (Å²) in [6, 6.07) is 9.10. The van der Waals surface area contributed by atoms with Crippen molar-refractivity contribution in [2.24, 2.45) is 0 Å². The first-order valence-electron chi connectivity index (χ1n) is 7.35. The van der Waals surface area contributed by atoms with E-state index in [0.717, 1.165) is 32.6 Å². The number of benzene rings is 1. The predicted molar refractivity (Wildman–Crippen MR) is 79.6 cm³/mol. The highest BCUT2D eigenvalue weighted by Gasteiger charge is 2.19. The molecular formula is C16H26N2O. The first-order valence-corrected chi connectivity index (χ1v) is 7.35. The Morgan fingerprint density at radius 1 is 1.16 bits per heavy atom. The third-order valence-electron chi connectivity index (χ3n) is 4.00. The number of hydrogen-bond donors (Lipinski definition) is 2. The van der Waals surface area contributed by atoms with E-state index in [0.29, 0.717) is 5.92 Å². The number of hydrogen-bond acceptors (Lipinski definition) is 3. The highest BCUT2D eigenvalue weighted by atomic mass is 16.3. The van der Waals surface area contributed by atoms with Crippen LogP contribution in [0.4, 0.5) is 0 Å². The number of aliphatic hydroxyl groups excluding tert-OH is 1. The minimum absolute atomic E-state index is 0.242. The summed E-state index contributed by atoms with van der Waals surface area (Å²) in [6.45, 7) is 8.81. The van der Waals surface area contributed by atoms with Crippen molar-refractivity contribution in [3.63, 3.8) is 0 Å². The summed E-state index contributed by atoms with van der Waals surface area (Å²) in [6.07, 6.45) is 0.939. The van der Waals surface area contributed by atoms with Crippen LogP contribution in [0.2, 0.25) is 0 Å². The number of aliphatic hydroxyl groups is 1. The Bertz CT molecular complexity index is 369. The zero-order chi connectivity index (χ0) is 13.7. The van der Waals surface area contributed by atoms with Gasteiger partial charge in [0.05, 0.1) is 6.61 Å². The van der Waals surface area contributed by atoms with Gasteiger partial charge in [-0.2, -0.15) is 0 Å². The van der Waals surface area contributed by atoms with Gasteiger partial charge in [-0.15, -0.1) is 0 Å². The van der Waals surface area contributed by atoms with Crippen LogP contribution in [-0.2, 0) is 6.42 Å². The Balaban J connectivity index is 1.97. The van der Waals surface area contributed by atoms with Gasteiger partial charge in [-0.1, -0.05) is 38.1 Å². The van der Waals surface area contributed by atoms with Crippen molar-refractivity contribution in [1.29, 1.82) is 0 Å². The topological polar surface area (TPSA) is 35.5 Å². The summed E-state index contributed by atoms with van der Waals surface area (Å²) in [5.41, 5.74) is 2.70. The standard InChI is InChI=1S/C16H26N2O/c1-13(2)15-5-3-14(4-6-15)11-16(12-19)18-9-7-17-8-10-18/h3-6,13,16-17,19H,7-12H2,1-2H3. The van der Waals surface area contributed by atoms with E-state index in [1.165, 1.54) is 11.1 Å². The van der Waals surface area contributed by atoms with Crippen LogP contribution in [0.25, 0.3) is 0 Å². The van der Waals surface area contributed by atoms with Gasteiger partial charge in [-0.3, -0.25) is 4.90 Å². The lowest BCUT2D eigenvalue weighted by Crippen LogP contribution is -2.50. The van der Waals surface area contributed by atoms with Crippen LogP contribution in [0, 0.1) is 0 Å². The molecule has 3 nitrogen and oxygen atoms in total. The summed E-state index contributed by atoms with van der Waals surface area (Å²) in [7, 11) is 0. The van der Waals surface area contributed by atoms with Crippen molar-refractivity contribution in [2.75, 3.05) is 32.8 Å². The van der Waals surface area contributed by atoms with Gasteiger partial charge in [-0.25, -0.2) is 0 Å².